The number of hydrogen-bond donors (Lipinski definition) is 1. The van der Waals surface area contributed by atoms with Gasteiger partial charge in [-0.25, -0.2) is 9.97 Å². The fourth-order valence-corrected chi connectivity index (χ4v) is 2.16. The van der Waals surface area contributed by atoms with Crippen LogP contribution in [0.5, 0.6) is 5.88 Å². The molecular weight excluding hydrogens is 252 g/mol. The Morgan fingerprint density at radius 2 is 2.05 bits per heavy atom. The zero-order valence-electron chi connectivity index (χ0n) is 11.9. The molecule has 0 spiro atoms. The summed E-state index contributed by atoms with van der Waals surface area (Å²) in [6.45, 7) is 2.09. The van der Waals surface area contributed by atoms with Gasteiger partial charge < -0.3 is 9.84 Å². The minimum Gasteiger partial charge on any atom is -0.481 e. The summed E-state index contributed by atoms with van der Waals surface area (Å²) in [6.07, 6.45) is 3.16. The van der Waals surface area contributed by atoms with E-state index in [1.807, 2.05) is 12.1 Å². The van der Waals surface area contributed by atoms with Crippen molar-refractivity contribution in [2.75, 3.05) is 7.11 Å². The van der Waals surface area contributed by atoms with E-state index in [1.165, 1.54) is 17.5 Å². The van der Waals surface area contributed by atoms with Crippen LogP contribution in [0.3, 0.4) is 0 Å². The van der Waals surface area contributed by atoms with Gasteiger partial charge in [0.15, 0.2) is 0 Å². The maximum atomic E-state index is 10.1. The van der Waals surface area contributed by atoms with Crippen molar-refractivity contribution in [2.45, 2.75) is 32.3 Å². The summed E-state index contributed by atoms with van der Waals surface area (Å²) in [6, 6.07) is 10.0. The molecule has 1 atom stereocenters. The summed E-state index contributed by atoms with van der Waals surface area (Å²) >= 11 is 0. The number of aromatic nitrogens is 2. The Bertz CT molecular complexity index is 558. The Morgan fingerprint density at radius 1 is 1.25 bits per heavy atom. The molecule has 1 N–H and O–H groups in total. The monoisotopic (exact) mass is 272 g/mol. The lowest BCUT2D eigenvalue weighted by Gasteiger charge is -2.11. The number of aryl methyl sites for hydroxylation is 2. The minimum atomic E-state index is -0.408. The van der Waals surface area contributed by atoms with Crippen molar-refractivity contribution in [2.24, 2.45) is 0 Å². The largest absolute Gasteiger partial charge is 0.481 e. The van der Waals surface area contributed by atoms with Gasteiger partial charge >= 0.3 is 0 Å². The summed E-state index contributed by atoms with van der Waals surface area (Å²) in [7, 11) is 1.57. The van der Waals surface area contributed by atoms with E-state index >= 15 is 0 Å². The molecule has 0 aliphatic carbocycles. The Hall–Kier alpha value is -1.94. The number of nitrogens with zero attached hydrogens (tertiary/aromatic N) is 2. The molecule has 0 radical (unpaired) electrons. The predicted octanol–water partition coefficient (Wildman–Crippen LogP) is 2.33. The Kier molecular flexibility index (Phi) is 5.07. The number of aliphatic hydroxyl groups excluding tert-OH is 1. The van der Waals surface area contributed by atoms with Crippen LogP contribution in [0.25, 0.3) is 0 Å². The van der Waals surface area contributed by atoms with Gasteiger partial charge in [0.1, 0.15) is 6.33 Å². The molecule has 0 aliphatic rings. The fraction of sp³-hybridized carbons (Fsp3) is 0.375. The first-order chi connectivity index (χ1) is 9.69. The topological polar surface area (TPSA) is 55.2 Å². The Morgan fingerprint density at radius 3 is 2.80 bits per heavy atom. The third-order valence-corrected chi connectivity index (χ3v) is 3.36. The van der Waals surface area contributed by atoms with Crippen LogP contribution < -0.4 is 4.74 Å². The average molecular weight is 272 g/mol. The molecule has 0 aliphatic heterocycles. The normalized spacial score (nSPS) is 12.2. The second-order valence-corrected chi connectivity index (χ2v) is 4.87. The molecule has 0 bridgehead atoms. The van der Waals surface area contributed by atoms with Crippen LogP contribution in [0.4, 0.5) is 0 Å². The highest BCUT2D eigenvalue weighted by Crippen LogP contribution is 2.13. The summed E-state index contributed by atoms with van der Waals surface area (Å²) in [5.41, 5.74) is 3.35. The maximum absolute atomic E-state index is 10.1. The molecule has 2 rings (SSSR count). The molecule has 20 heavy (non-hydrogen) atoms. The second-order valence-electron chi connectivity index (χ2n) is 4.87. The fourth-order valence-electron chi connectivity index (χ4n) is 2.16. The number of hydrogen-bond acceptors (Lipinski definition) is 4. The molecule has 0 amide bonds. The van der Waals surface area contributed by atoms with E-state index in [0.717, 1.165) is 18.5 Å². The Labute approximate surface area is 119 Å². The van der Waals surface area contributed by atoms with Crippen LogP contribution in [0, 0.1) is 6.92 Å². The highest BCUT2D eigenvalue weighted by Gasteiger charge is 2.09. The number of ether oxygens (including phenoxy) is 1. The average Bonchev–Trinajstić information content (AvgIpc) is 2.46. The highest BCUT2D eigenvalue weighted by atomic mass is 16.5. The number of aliphatic hydroxyl groups is 1. The molecule has 0 saturated heterocycles. The van der Waals surface area contributed by atoms with E-state index in [0.29, 0.717) is 12.3 Å². The van der Waals surface area contributed by atoms with Crippen LogP contribution in [-0.4, -0.2) is 28.3 Å². The van der Waals surface area contributed by atoms with Gasteiger partial charge in [-0.2, -0.15) is 0 Å². The molecule has 4 nitrogen and oxygen atoms in total. The molecule has 1 aromatic heterocycles. The maximum Gasteiger partial charge on any atom is 0.216 e. The predicted molar refractivity (Wildman–Crippen MR) is 77.8 cm³/mol. The van der Waals surface area contributed by atoms with Gasteiger partial charge in [0.05, 0.1) is 18.9 Å². The SMILES string of the molecule is COc1cc(CC(O)CCc2ccccc2C)ncn1. The van der Waals surface area contributed by atoms with Crippen LogP contribution in [0.15, 0.2) is 36.7 Å². The zero-order chi connectivity index (χ0) is 14.4. The molecule has 2 aromatic rings. The van der Waals surface area contributed by atoms with Crippen molar-refractivity contribution >= 4 is 0 Å². The minimum absolute atomic E-state index is 0.408. The number of methoxy groups -OCH3 is 1. The van der Waals surface area contributed by atoms with Gasteiger partial charge in [0, 0.05) is 12.5 Å². The number of benzene rings is 1. The molecular formula is C16H20N2O2. The molecule has 0 fully saturated rings. The van der Waals surface area contributed by atoms with E-state index in [9.17, 15) is 5.11 Å². The van der Waals surface area contributed by atoms with E-state index in [-0.39, 0.29) is 0 Å². The van der Waals surface area contributed by atoms with Crippen LogP contribution in [0.1, 0.15) is 23.2 Å². The van der Waals surface area contributed by atoms with E-state index < -0.39 is 6.10 Å². The van der Waals surface area contributed by atoms with Crippen molar-refractivity contribution in [3.63, 3.8) is 0 Å². The summed E-state index contributed by atoms with van der Waals surface area (Å²) in [4.78, 5) is 8.10. The van der Waals surface area contributed by atoms with Gasteiger partial charge in [0.2, 0.25) is 5.88 Å². The van der Waals surface area contributed by atoms with Gasteiger partial charge in [-0.05, 0) is 30.9 Å². The smallest absolute Gasteiger partial charge is 0.216 e. The van der Waals surface area contributed by atoms with Crippen molar-refractivity contribution in [1.29, 1.82) is 0 Å². The van der Waals surface area contributed by atoms with Crippen molar-refractivity contribution < 1.29 is 9.84 Å². The highest BCUT2D eigenvalue weighted by molar-refractivity contribution is 5.25. The first-order valence-electron chi connectivity index (χ1n) is 6.76. The first kappa shape index (κ1) is 14.5. The standard InChI is InChI=1S/C16H20N2O2/c1-12-5-3-4-6-13(12)7-8-15(19)9-14-10-16(20-2)18-11-17-14/h3-6,10-11,15,19H,7-9H2,1-2H3. The van der Waals surface area contributed by atoms with Gasteiger partial charge in [-0.3, -0.25) is 0 Å². The van der Waals surface area contributed by atoms with E-state index in [1.54, 1.807) is 13.2 Å². The van der Waals surface area contributed by atoms with Crippen LogP contribution >= 0.6 is 0 Å². The number of rotatable bonds is 6. The van der Waals surface area contributed by atoms with Crippen molar-refractivity contribution in [1.82, 2.24) is 9.97 Å². The Balaban J connectivity index is 1.89. The summed E-state index contributed by atoms with van der Waals surface area (Å²) < 4.78 is 5.05. The van der Waals surface area contributed by atoms with Gasteiger partial charge in [0.25, 0.3) is 0 Å². The lowest BCUT2D eigenvalue weighted by molar-refractivity contribution is 0.164. The van der Waals surface area contributed by atoms with Crippen molar-refractivity contribution in [3.8, 4) is 5.88 Å². The van der Waals surface area contributed by atoms with Crippen LogP contribution in [0.2, 0.25) is 0 Å². The van der Waals surface area contributed by atoms with Crippen LogP contribution in [-0.2, 0) is 12.8 Å². The third-order valence-electron chi connectivity index (χ3n) is 3.36. The molecule has 0 saturated carbocycles. The first-order valence-corrected chi connectivity index (χ1v) is 6.76. The second kappa shape index (κ2) is 7.01. The van der Waals surface area contributed by atoms with Gasteiger partial charge in [-0.1, -0.05) is 24.3 Å². The molecule has 1 unspecified atom stereocenters. The molecule has 4 heteroatoms. The van der Waals surface area contributed by atoms with Crippen molar-refractivity contribution in [3.05, 3.63) is 53.5 Å². The molecule has 1 aromatic carbocycles. The lowest BCUT2D eigenvalue weighted by Crippen LogP contribution is -2.13. The zero-order valence-corrected chi connectivity index (χ0v) is 11.9. The molecule has 106 valence electrons. The van der Waals surface area contributed by atoms with Gasteiger partial charge in [-0.15, -0.1) is 0 Å². The summed E-state index contributed by atoms with van der Waals surface area (Å²) in [5, 5.41) is 10.1. The lowest BCUT2D eigenvalue weighted by atomic mass is 10.0. The summed E-state index contributed by atoms with van der Waals surface area (Å²) in [5.74, 6) is 0.529. The molecule has 1 heterocycles. The van der Waals surface area contributed by atoms with E-state index in [4.69, 9.17) is 4.74 Å². The third kappa shape index (κ3) is 4.03. The quantitative estimate of drug-likeness (QED) is 0.877. The van der Waals surface area contributed by atoms with E-state index in [2.05, 4.69) is 29.0 Å².